The van der Waals surface area contributed by atoms with Crippen molar-refractivity contribution in [2.75, 3.05) is 6.54 Å². The molecular weight excluding hydrogens is 203 g/mol. The highest BCUT2D eigenvalue weighted by Gasteiger charge is 2.41. The van der Waals surface area contributed by atoms with Gasteiger partial charge in [0, 0.05) is 6.04 Å². The molecule has 80 valence electrons. The minimum absolute atomic E-state index is 0. The second-order valence-corrected chi connectivity index (χ2v) is 3.32. The standard InChI is InChI=1S/C8H14F3N.ClH/c1-2-7-5-6(3-4-12-7)8(9,10)11;/h6-7,12H,2-5H2,1H3;1H/t6-,7-;/m0./s1. The molecule has 0 unspecified atom stereocenters. The van der Waals surface area contributed by atoms with E-state index in [2.05, 4.69) is 5.32 Å². The molecule has 0 aliphatic carbocycles. The fourth-order valence-corrected chi connectivity index (χ4v) is 1.61. The third kappa shape index (κ3) is 3.73. The number of alkyl halides is 3. The summed E-state index contributed by atoms with van der Waals surface area (Å²) >= 11 is 0. The third-order valence-electron chi connectivity index (χ3n) is 2.45. The molecule has 5 heteroatoms. The number of hydrogen-bond donors (Lipinski definition) is 1. The van der Waals surface area contributed by atoms with Crippen LogP contribution in [-0.2, 0) is 0 Å². The minimum Gasteiger partial charge on any atom is -0.314 e. The summed E-state index contributed by atoms with van der Waals surface area (Å²) in [6.45, 7) is 2.42. The van der Waals surface area contributed by atoms with Gasteiger partial charge >= 0.3 is 6.18 Å². The Balaban J connectivity index is 0.00000144. The molecule has 1 fully saturated rings. The van der Waals surface area contributed by atoms with Crippen LogP contribution in [0.5, 0.6) is 0 Å². The van der Waals surface area contributed by atoms with Crippen LogP contribution in [0, 0.1) is 5.92 Å². The Bertz CT molecular complexity index is 149. The van der Waals surface area contributed by atoms with Gasteiger partial charge in [-0.05, 0) is 25.8 Å². The van der Waals surface area contributed by atoms with Gasteiger partial charge in [0.1, 0.15) is 0 Å². The summed E-state index contributed by atoms with van der Waals surface area (Å²) in [5.41, 5.74) is 0. The fourth-order valence-electron chi connectivity index (χ4n) is 1.61. The molecule has 1 heterocycles. The Morgan fingerprint density at radius 3 is 2.46 bits per heavy atom. The zero-order chi connectivity index (χ0) is 9.19. The lowest BCUT2D eigenvalue weighted by Crippen LogP contribution is -2.42. The Labute approximate surface area is 82.5 Å². The van der Waals surface area contributed by atoms with Gasteiger partial charge in [0.05, 0.1) is 5.92 Å². The predicted octanol–water partition coefficient (Wildman–Crippen LogP) is 2.75. The molecule has 0 spiro atoms. The number of hydrogen-bond acceptors (Lipinski definition) is 1. The summed E-state index contributed by atoms with van der Waals surface area (Å²) in [6.07, 6.45) is -2.72. The molecule has 0 aromatic carbocycles. The molecule has 0 bridgehead atoms. The average Bonchev–Trinajstić information content (AvgIpc) is 2.03. The molecule has 1 saturated heterocycles. The first-order valence-corrected chi connectivity index (χ1v) is 4.34. The van der Waals surface area contributed by atoms with E-state index in [4.69, 9.17) is 0 Å². The van der Waals surface area contributed by atoms with Crippen LogP contribution in [0.25, 0.3) is 0 Å². The summed E-state index contributed by atoms with van der Waals surface area (Å²) in [4.78, 5) is 0. The van der Waals surface area contributed by atoms with Crippen molar-refractivity contribution in [1.29, 1.82) is 0 Å². The van der Waals surface area contributed by atoms with Gasteiger partial charge in [0.15, 0.2) is 0 Å². The van der Waals surface area contributed by atoms with Crippen molar-refractivity contribution in [3.8, 4) is 0 Å². The quantitative estimate of drug-likeness (QED) is 0.712. The summed E-state index contributed by atoms with van der Waals surface area (Å²) in [5, 5.41) is 3.07. The van der Waals surface area contributed by atoms with Crippen molar-refractivity contribution in [1.82, 2.24) is 5.32 Å². The first-order valence-electron chi connectivity index (χ1n) is 4.34. The van der Waals surface area contributed by atoms with E-state index >= 15 is 0 Å². The van der Waals surface area contributed by atoms with Crippen LogP contribution in [0.15, 0.2) is 0 Å². The van der Waals surface area contributed by atoms with Crippen molar-refractivity contribution in [3.63, 3.8) is 0 Å². The normalized spacial score (nSPS) is 29.5. The lowest BCUT2D eigenvalue weighted by Gasteiger charge is -2.30. The van der Waals surface area contributed by atoms with Gasteiger partial charge in [-0.25, -0.2) is 0 Å². The zero-order valence-corrected chi connectivity index (χ0v) is 8.34. The number of rotatable bonds is 1. The monoisotopic (exact) mass is 217 g/mol. The maximum absolute atomic E-state index is 12.2. The van der Waals surface area contributed by atoms with Crippen molar-refractivity contribution in [3.05, 3.63) is 0 Å². The molecule has 0 saturated carbocycles. The summed E-state index contributed by atoms with van der Waals surface area (Å²) in [6, 6.07) is 0.0605. The minimum atomic E-state index is -3.99. The third-order valence-corrected chi connectivity index (χ3v) is 2.45. The van der Waals surface area contributed by atoms with Gasteiger partial charge in [-0.3, -0.25) is 0 Å². The SMILES string of the molecule is CC[C@H]1C[C@@H](C(F)(F)F)CCN1.Cl. The highest BCUT2D eigenvalue weighted by atomic mass is 35.5. The number of piperidine rings is 1. The zero-order valence-electron chi connectivity index (χ0n) is 7.53. The first kappa shape index (κ1) is 13.0. The van der Waals surface area contributed by atoms with Crippen LogP contribution in [0.2, 0.25) is 0 Å². The summed E-state index contributed by atoms with van der Waals surface area (Å²) in [7, 11) is 0. The van der Waals surface area contributed by atoms with E-state index in [0.717, 1.165) is 6.42 Å². The number of nitrogens with one attached hydrogen (secondary N) is 1. The predicted molar refractivity (Wildman–Crippen MR) is 48.1 cm³/mol. The smallest absolute Gasteiger partial charge is 0.314 e. The molecule has 0 aromatic rings. The molecule has 1 rings (SSSR count). The van der Waals surface area contributed by atoms with E-state index in [1.807, 2.05) is 6.92 Å². The van der Waals surface area contributed by atoms with Crippen LogP contribution in [0.4, 0.5) is 13.2 Å². The second-order valence-electron chi connectivity index (χ2n) is 3.32. The van der Waals surface area contributed by atoms with Gasteiger partial charge < -0.3 is 5.32 Å². The van der Waals surface area contributed by atoms with Crippen LogP contribution in [0.1, 0.15) is 26.2 Å². The van der Waals surface area contributed by atoms with Crippen LogP contribution in [-0.4, -0.2) is 18.8 Å². The summed E-state index contributed by atoms with van der Waals surface area (Å²) < 4.78 is 36.7. The van der Waals surface area contributed by atoms with Crippen molar-refractivity contribution < 1.29 is 13.2 Å². The Kier molecular flexibility index (Phi) is 5.07. The maximum Gasteiger partial charge on any atom is 0.391 e. The van der Waals surface area contributed by atoms with Crippen molar-refractivity contribution in [2.24, 2.45) is 5.92 Å². The van der Waals surface area contributed by atoms with Gasteiger partial charge in [0.25, 0.3) is 0 Å². The average molecular weight is 218 g/mol. The maximum atomic E-state index is 12.2. The molecule has 0 radical (unpaired) electrons. The highest BCUT2D eigenvalue weighted by Crippen LogP contribution is 2.34. The topological polar surface area (TPSA) is 12.0 Å². The Morgan fingerprint density at radius 2 is 2.00 bits per heavy atom. The molecular formula is C8H15ClF3N. The largest absolute Gasteiger partial charge is 0.391 e. The van der Waals surface area contributed by atoms with Crippen molar-refractivity contribution >= 4 is 12.4 Å². The molecule has 1 aliphatic rings. The lowest BCUT2D eigenvalue weighted by molar-refractivity contribution is -0.183. The molecule has 13 heavy (non-hydrogen) atoms. The Morgan fingerprint density at radius 1 is 1.38 bits per heavy atom. The number of halogens is 4. The fraction of sp³-hybridized carbons (Fsp3) is 1.00. The van der Waals surface area contributed by atoms with Crippen LogP contribution in [0.3, 0.4) is 0 Å². The van der Waals surface area contributed by atoms with Crippen molar-refractivity contribution in [2.45, 2.75) is 38.4 Å². The van der Waals surface area contributed by atoms with Crippen LogP contribution < -0.4 is 5.32 Å². The van der Waals surface area contributed by atoms with Gasteiger partial charge in [0.2, 0.25) is 0 Å². The molecule has 1 N–H and O–H groups in total. The first-order chi connectivity index (χ1) is 5.54. The van der Waals surface area contributed by atoms with E-state index in [1.165, 1.54) is 0 Å². The molecule has 2 atom stereocenters. The van der Waals surface area contributed by atoms with Crippen LogP contribution >= 0.6 is 12.4 Å². The lowest BCUT2D eigenvalue weighted by atomic mass is 9.91. The Hall–Kier alpha value is 0.0400. The molecule has 0 amide bonds. The van der Waals surface area contributed by atoms with Gasteiger partial charge in [-0.15, -0.1) is 12.4 Å². The van der Waals surface area contributed by atoms with E-state index < -0.39 is 12.1 Å². The van der Waals surface area contributed by atoms with E-state index in [0.29, 0.717) is 6.54 Å². The van der Waals surface area contributed by atoms with Gasteiger partial charge in [-0.2, -0.15) is 13.2 Å². The van der Waals surface area contributed by atoms with E-state index in [1.54, 1.807) is 0 Å². The summed E-state index contributed by atoms with van der Waals surface area (Å²) in [5.74, 6) is -1.08. The van der Waals surface area contributed by atoms with E-state index in [9.17, 15) is 13.2 Å². The van der Waals surface area contributed by atoms with E-state index in [-0.39, 0.29) is 31.3 Å². The molecule has 0 aromatic heterocycles. The second kappa shape index (κ2) is 5.05. The molecule has 1 nitrogen and oxygen atoms in total. The molecule has 1 aliphatic heterocycles. The van der Waals surface area contributed by atoms with Gasteiger partial charge in [-0.1, -0.05) is 6.92 Å². The highest BCUT2D eigenvalue weighted by molar-refractivity contribution is 5.85.